The largest absolute Gasteiger partial charge is 0.0654 e. The van der Waals surface area contributed by atoms with Crippen molar-refractivity contribution in [1.82, 2.24) is 0 Å². The van der Waals surface area contributed by atoms with Gasteiger partial charge in [-0.2, -0.15) is 0 Å². The van der Waals surface area contributed by atoms with Crippen LogP contribution in [0.4, 0.5) is 0 Å². The molecule has 0 aromatic rings. The molecule has 0 aromatic heterocycles. The first-order valence-electron chi connectivity index (χ1n) is 5.33. The molecule has 64 valence electrons. The summed E-state index contributed by atoms with van der Waals surface area (Å²) >= 11 is 0. The second-order valence-electron chi connectivity index (χ2n) is 4.67. The zero-order valence-electron chi connectivity index (χ0n) is 7.84. The Bertz CT molecular complexity index is 139. The molecule has 4 unspecified atom stereocenters. The van der Waals surface area contributed by atoms with Crippen LogP contribution in [0.5, 0.6) is 0 Å². The molecule has 11 heavy (non-hydrogen) atoms. The minimum absolute atomic E-state index is 1.03. The standard InChI is InChI=1S/C11H20/c1-3-4-8(2)10-6-5-9-7-11(9)10/h8-11H,3-7H2,1-2H3. The Balaban J connectivity index is 1.84. The van der Waals surface area contributed by atoms with E-state index in [1.807, 2.05) is 0 Å². The summed E-state index contributed by atoms with van der Waals surface area (Å²) in [5.74, 6) is 4.51. The highest BCUT2D eigenvalue weighted by molar-refractivity contribution is 4.98. The lowest BCUT2D eigenvalue weighted by Crippen LogP contribution is -2.10. The third-order valence-electron chi connectivity index (χ3n) is 3.87. The zero-order chi connectivity index (χ0) is 7.84. The van der Waals surface area contributed by atoms with Crippen molar-refractivity contribution in [2.75, 3.05) is 0 Å². The number of rotatable bonds is 3. The Morgan fingerprint density at radius 2 is 2.18 bits per heavy atom. The van der Waals surface area contributed by atoms with Crippen molar-refractivity contribution in [3.8, 4) is 0 Å². The molecule has 2 fully saturated rings. The molecule has 0 heterocycles. The van der Waals surface area contributed by atoms with Gasteiger partial charge in [0.05, 0.1) is 0 Å². The average molecular weight is 152 g/mol. The van der Waals surface area contributed by atoms with E-state index in [0.717, 1.165) is 11.8 Å². The number of hydrogen-bond donors (Lipinski definition) is 0. The minimum atomic E-state index is 1.03. The molecule has 2 aliphatic rings. The van der Waals surface area contributed by atoms with Gasteiger partial charge in [-0.3, -0.25) is 0 Å². The van der Waals surface area contributed by atoms with E-state index in [0.29, 0.717) is 0 Å². The van der Waals surface area contributed by atoms with E-state index in [-0.39, 0.29) is 0 Å². The minimum Gasteiger partial charge on any atom is -0.0654 e. The van der Waals surface area contributed by atoms with Gasteiger partial charge in [0, 0.05) is 0 Å². The highest BCUT2D eigenvalue weighted by atomic mass is 14.5. The summed E-state index contributed by atoms with van der Waals surface area (Å²) in [7, 11) is 0. The molecule has 0 nitrogen and oxygen atoms in total. The summed E-state index contributed by atoms with van der Waals surface area (Å²) in [5.41, 5.74) is 0. The zero-order valence-corrected chi connectivity index (χ0v) is 7.84. The average Bonchev–Trinajstić information content (AvgIpc) is 2.63. The summed E-state index contributed by atoms with van der Waals surface area (Å²) in [4.78, 5) is 0. The summed E-state index contributed by atoms with van der Waals surface area (Å²) in [6.07, 6.45) is 7.54. The van der Waals surface area contributed by atoms with Crippen molar-refractivity contribution in [2.45, 2.75) is 46.0 Å². The van der Waals surface area contributed by atoms with E-state index >= 15 is 0 Å². The molecule has 0 radical (unpaired) electrons. The maximum Gasteiger partial charge on any atom is -0.0352 e. The molecule has 0 heteroatoms. The third kappa shape index (κ3) is 1.32. The predicted molar refractivity (Wildman–Crippen MR) is 48.4 cm³/mol. The summed E-state index contributed by atoms with van der Waals surface area (Å²) in [6, 6.07) is 0. The Kier molecular flexibility index (Phi) is 1.95. The lowest BCUT2D eigenvalue weighted by atomic mass is 9.86. The third-order valence-corrected chi connectivity index (χ3v) is 3.87. The van der Waals surface area contributed by atoms with Gasteiger partial charge < -0.3 is 0 Å². The molecule has 0 bridgehead atoms. The van der Waals surface area contributed by atoms with Gasteiger partial charge >= 0.3 is 0 Å². The van der Waals surface area contributed by atoms with E-state index in [4.69, 9.17) is 0 Å². The van der Waals surface area contributed by atoms with Crippen LogP contribution in [0, 0.1) is 23.7 Å². The summed E-state index contributed by atoms with van der Waals surface area (Å²) in [6.45, 7) is 4.78. The quantitative estimate of drug-likeness (QED) is 0.581. The Hall–Kier alpha value is 0. The van der Waals surface area contributed by atoms with Crippen LogP contribution in [-0.4, -0.2) is 0 Å². The summed E-state index contributed by atoms with van der Waals surface area (Å²) < 4.78 is 0. The van der Waals surface area contributed by atoms with Crippen molar-refractivity contribution in [1.29, 1.82) is 0 Å². The van der Waals surface area contributed by atoms with Crippen LogP contribution in [0.25, 0.3) is 0 Å². The second-order valence-corrected chi connectivity index (χ2v) is 4.67. The van der Waals surface area contributed by atoms with Crippen LogP contribution in [0.3, 0.4) is 0 Å². The van der Waals surface area contributed by atoms with Crippen LogP contribution < -0.4 is 0 Å². The van der Waals surface area contributed by atoms with E-state index in [1.165, 1.54) is 24.7 Å². The van der Waals surface area contributed by atoms with E-state index in [2.05, 4.69) is 13.8 Å². The first-order valence-corrected chi connectivity index (χ1v) is 5.33. The van der Waals surface area contributed by atoms with Crippen LogP contribution in [-0.2, 0) is 0 Å². The van der Waals surface area contributed by atoms with Gasteiger partial charge in [0.1, 0.15) is 0 Å². The second kappa shape index (κ2) is 2.80. The molecule has 2 aliphatic carbocycles. The van der Waals surface area contributed by atoms with Crippen molar-refractivity contribution in [2.24, 2.45) is 23.7 Å². The van der Waals surface area contributed by atoms with Gasteiger partial charge in [-0.25, -0.2) is 0 Å². The van der Waals surface area contributed by atoms with Crippen LogP contribution >= 0.6 is 0 Å². The van der Waals surface area contributed by atoms with Gasteiger partial charge in [-0.15, -0.1) is 0 Å². The van der Waals surface area contributed by atoms with Crippen molar-refractivity contribution in [3.63, 3.8) is 0 Å². The molecule has 0 aliphatic heterocycles. The van der Waals surface area contributed by atoms with Gasteiger partial charge in [-0.1, -0.05) is 26.7 Å². The first kappa shape index (κ1) is 7.64. The molecule has 2 saturated carbocycles. The Labute approximate surface area is 70.4 Å². The van der Waals surface area contributed by atoms with E-state index < -0.39 is 0 Å². The van der Waals surface area contributed by atoms with E-state index in [1.54, 1.807) is 19.3 Å². The van der Waals surface area contributed by atoms with Gasteiger partial charge in [-0.05, 0) is 42.9 Å². The number of fused-ring (bicyclic) bond motifs is 1. The highest BCUT2D eigenvalue weighted by Gasteiger charge is 2.48. The van der Waals surface area contributed by atoms with Gasteiger partial charge in [0.25, 0.3) is 0 Å². The molecular formula is C11H20. The molecule has 0 aromatic carbocycles. The molecule has 0 N–H and O–H groups in total. The fraction of sp³-hybridized carbons (Fsp3) is 1.00. The van der Waals surface area contributed by atoms with Crippen molar-refractivity contribution in [3.05, 3.63) is 0 Å². The number of hydrogen-bond acceptors (Lipinski definition) is 0. The normalized spacial score (nSPS) is 43.6. The fourth-order valence-electron chi connectivity index (χ4n) is 3.12. The van der Waals surface area contributed by atoms with Gasteiger partial charge in [0.15, 0.2) is 0 Å². The van der Waals surface area contributed by atoms with Gasteiger partial charge in [0.2, 0.25) is 0 Å². The first-order chi connectivity index (χ1) is 5.33. The Morgan fingerprint density at radius 3 is 2.64 bits per heavy atom. The lowest BCUT2D eigenvalue weighted by molar-refractivity contribution is 0.308. The van der Waals surface area contributed by atoms with Crippen LogP contribution in [0.1, 0.15) is 46.0 Å². The maximum absolute atomic E-state index is 2.47. The van der Waals surface area contributed by atoms with E-state index in [9.17, 15) is 0 Å². The van der Waals surface area contributed by atoms with Crippen molar-refractivity contribution >= 4 is 0 Å². The molecule has 0 spiro atoms. The molecular weight excluding hydrogens is 132 g/mol. The van der Waals surface area contributed by atoms with Crippen LogP contribution in [0.2, 0.25) is 0 Å². The monoisotopic (exact) mass is 152 g/mol. The lowest BCUT2D eigenvalue weighted by Gasteiger charge is -2.19. The molecule has 0 amide bonds. The Morgan fingerprint density at radius 1 is 1.36 bits per heavy atom. The topological polar surface area (TPSA) is 0 Å². The molecule has 0 saturated heterocycles. The van der Waals surface area contributed by atoms with Crippen LogP contribution in [0.15, 0.2) is 0 Å². The SMILES string of the molecule is CCCC(C)C1CCC2CC21. The maximum atomic E-state index is 2.47. The molecule has 2 rings (SSSR count). The summed E-state index contributed by atoms with van der Waals surface area (Å²) in [5, 5.41) is 0. The smallest absolute Gasteiger partial charge is 0.0352 e. The molecule has 4 atom stereocenters. The highest BCUT2D eigenvalue weighted by Crippen LogP contribution is 2.57. The fourth-order valence-corrected chi connectivity index (χ4v) is 3.12. The van der Waals surface area contributed by atoms with Crippen molar-refractivity contribution < 1.29 is 0 Å². The predicted octanol–water partition coefficient (Wildman–Crippen LogP) is 3.47.